The molecule has 2 N–H and O–H groups in total. The van der Waals surface area contributed by atoms with Gasteiger partial charge in [-0.25, -0.2) is 8.42 Å². The average molecular weight is 312 g/mol. The van der Waals surface area contributed by atoms with Gasteiger partial charge in [-0.1, -0.05) is 25.1 Å². The number of aryl methyl sites for hydroxylation is 1. The first-order valence-electron chi connectivity index (χ1n) is 6.99. The Hall–Kier alpha value is -1.21. The lowest BCUT2D eigenvalue weighted by molar-refractivity contribution is 0.260. The maximum Gasteiger partial charge on any atom is 0.243 e. The average Bonchev–Trinajstić information content (AvgIpc) is 2.47. The summed E-state index contributed by atoms with van der Waals surface area (Å²) < 4.78 is 26.8. The molecule has 0 aliphatic carbocycles. The van der Waals surface area contributed by atoms with E-state index in [1.54, 1.807) is 6.07 Å². The predicted octanol–water partition coefficient (Wildman–Crippen LogP) is 1.14. The smallest absolute Gasteiger partial charge is 0.243 e. The molecule has 0 bridgehead atoms. The molecule has 0 spiro atoms. The summed E-state index contributed by atoms with van der Waals surface area (Å²) in [5, 5.41) is 12.1. The van der Waals surface area contributed by atoms with Crippen LogP contribution < -0.4 is 5.32 Å². The maximum atomic E-state index is 12.8. The van der Waals surface area contributed by atoms with Crippen LogP contribution in [0.2, 0.25) is 0 Å². The minimum atomic E-state index is -3.63. The van der Waals surface area contributed by atoms with Crippen LogP contribution in [0.15, 0.2) is 35.7 Å². The minimum Gasteiger partial charge on any atom is -0.395 e. The summed E-state index contributed by atoms with van der Waals surface area (Å²) in [7, 11) is -1.82. The van der Waals surface area contributed by atoms with Crippen LogP contribution in [0.5, 0.6) is 0 Å². The third kappa shape index (κ3) is 4.38. The summed E-state index contributed by atoms with van der Waals surface area (Å²) in [6.45, 7) is 6.14. The van der Waals surface area contributed by atoms with E-state index in [4.69, 9.17) is 5.11 Å². The molecule has 0 radical (unpaired) electrons. The molecular formula is C15H24N2O3S. The molecule has 1 aromatic carbocycles. The minimum absolute atomic E-state index is 0.0633. The van der Waals surface area contributed by atoms with Gasteiger partial charge >= 0.3 is 0 Å². The SMILES string of the molecule is C=CCN(CCO)S(=O)(=O)c1cc(CNC)ccc1CC. The Balaban J connectivity index is 3.32. The number of aliphatic hydroxyl groups excluding tert-OH is 1. The van der Waals surface area contributed by atoms with E-state index in [9.17, 15) is 8.42 Å². The highest BCUT2D eigenvalue weighted by Gasteiger charge is 2.25. The first-order chi connectivity index (χ1) is 10.0. The van der Waals surface area contributed by atoms with Crippen molar-refractivity contribution in [1.29, 1.82) is 0 Å². The number of benzene rings is 1. The monoisotopic (exact) mass is 312 g/mol. The third-order valence-corrected chi connectivity index (χ3v) is 5.14. The van der Waals surface area contributed by atoms with Crippen molar-refractivity contribution >= 4 is 10.0 Å². The third-order valence-electron chi connectivity index (χ3n) is 3.19. The largest absolute Gasteiger partial charge is 0.395 e. The molecule has 0 aliphatic rings. The zero-order chi connectivity index (χ0) is 15.9. The van der Waals surface area contributed by atoms with Crippen LogP contribution in [-0.4, -0.2) is 44.6 Å². The van der Waals surface area contributed by atoms with Crippen LogP contribution >= 0.6 is 0 Å². The van der Waals surface area contributed by atoms with Crippen molar-refractivity contribution in [3.05, 3.63) is 42.0 Å². The molecule has 0 aliphatic heterocycles. The van der Waals surface area contributed by atoms with Crippen LogP contribution in [0, 0.1) is 0 Å². The van der Waals surface area contributed by atoms with Gasteiger partial charge in [0.2, 0.25) is 10.0 Å². The normalized spacial score (nSPS) is 11.8. The van der Waals surface area contributed by atoms with Crippen molar-refractivity contribution < 1.29 is 13.5 Å². The number of hydrogen-bond acceptors (Lipinski definition) is 4. The zero-order valence-electron chi connectivity index (χ0n) is 12.7. The molecule has 0 saturated carbocycles. The summed E-state index contributed by atoms with van der Waals surface area (Å²) in [5.41, 5.74) is 1.69. The van der Waals surface area contributed by atoms with E-state index in [-0.39, 0.29) is 19.7 Å². The Morgan fingerprint density at radius 2 is 2.14 bits per heavy atom. The molecule has 118 valence electrons. The van der Waals surface area contributed by atoms with Gasteiger partial charge < -0.3 is 10.4 Å². The predicted molar refractivity (Wildman–Crippen MR) is 84.6 cm³/mol. The Morgan fingerprint density at radius 3 is 2.67 bits per heavy atom. The molecule has 0 unspecified atom stereocenters. The molecular weight excluding hydrogens is 288 g/mol. The molecule has 0 atom stereocenters. The zero-order valence-corrected chi connectivity index (χ0v) is 13.5. The quantitative estimate of drug-likeness (QED) is 0.671. The molecule has 0 heterocycles. The molecule has 0 fully saturated rings. The van der Waals surface area contributed by atoms with Crippen molar-refractivity contribution in [3.8, 4) is 0 Å². The Morgan fingerprint density at radius 1 is 1.43 bits per heavy atom. The number of hydrogen-bond donors (Lipinski definition) is 2. The number of aliphatic hydroxyl groups is 1. The first kappa shape index (κ1) is 17.8. The van der Waals surface area contributed by atoms with Gasteiger partial charge in [0, 0.05) is 19.6 Å². The van der Waals surface area contributed by atoms with Crippen LogP contribution in [0.1, 0.15) is 18.1 Å². The fourth-order valence-electron chi connectivity index (χ4n) is 2.15. The van der Waals surface area contributed by atoms with Crippen molar-refractivity contribution in [2.24, 2.45) is 0 Å². The van der Waals surface area contributed by atoms with E-state index in [1.165, 1.54) is 10.4 Å². The van der Waals surface area contributed by atoms with E-state index in [0.29, 0.717) is 17.9 Å². The topological polar surface area (TPSA) is 69.6 Å². The van der Waals surface area contributed by atoms with Gasteiger partial charge in [0.05, 0.1) is 11.5 Å². The molecule has 5 nitrogen and oxygen atoms in total. The lowest BCUT2D eigenvalue weighted by Gasteiger charge is -2.22. The van der Waals surface area contributed by atoms with Crippen LogP contribution in [-0.2, 0) is 23.0 Å². The molecule has 1 aromatic rings. The molecule has 0 saturated heterocycles. The second kappa shape index (κ2) is 8.29. The van der Waals surface area contributed by atoms with Gasteiger partial charge in [0.1, 0.15) is 0 Å². The summed E-state index contributed by atoms with van der Waals surface area (Å²) in [5.74, 6) is 0. The van der Waals surface area contributed by atoms with Crippen molar-refractivity contribution in [2.45, 2.75) is 24.8 Å². The number of nitrogens with one attached hydrogen (secondary N) is 1. The van der Waals surface area contributed by atoms with E-state index < -0.39 is 10.0 Å². The lowest BCUT2D eigenvalue weighted by Crippen LogP contribution is -2.34. The molecule has 1 rings (SSSR count). The van der Waals surface area contributed by atoms with Crippen molar-refractivity contribution in [1.82, 2.24) is 9.62 Å². The van der Waals surface area contributed by atoms with Gasteiger partial charge in [-0.3, -0.25) is 0 Å². The summed E-state index contributed by atoms with van der Waals surface area (Å²) >= 11 is 0. The highest BCUT2D eigenvalue weighted by atomic mass is 32.2. The highest BCUT2D eigenvalue weighted by molar-refractivity contribution is 7.89. The molecule has 6 heteroatoms. The number of sulfonamides is 1. The van der Waals surface area contributed by atoms with Crippen molar-refractivity contribution in [3.63, 3.8) is 0 Å². The fourth-order valence-corrected chi connectivity index (χ4v) is 3.90. The van der Waals surface area contributed by atoms with Gasteiger partial charge in [-0.2, -0.15) is 4.31 Å². The molecule has 0 amide bonds. The van der Waals surface area contributed by atoms with Gasteiger partial charge in [-0.05, 0) is 30.7 Å². The van der Waals surface area contributed by atoms with Crippen LogP contribution in [0.25, 0.3) is 0 Å². The second-order valence-electron chi connectivity index (χ2n) is 4.70. The summed E-state index contributed by atoms with van der Waals surface area (Å²) in [6.07, 6.45) is 2.16. The van der Waals surface area contributed by atoms with E-state index in [2.05, 4.69) is 11.9 Å². The second-order valence-corrected chi connectivity index (χ2v) is 6.61. The highest BCUT2D eigenvalue weighted by Crippen LogP contribution is 2.22. The molecule has 0 aromatic heterocycles. The lowest BCUT2D eigenvalue weighted by atomic mass is 10.1. The summed E-state index contributed by atoms with van der Waals surface area (Å²) in [6, 6.07) is 5.49. The van der Waals surface area contributed by atoms with Gasteiger partial charge in [0.15, 0.2) is 0 Å². The Kier molecular flexibility index (Phi) is 7.04. The standard InChI is InChI=1S/C15H24N2O3S/c1-4-8-17(9-10-18)21(19,20)15-11-13(12-16-3)6-7-14(15)5-2/h4,6-7,11,16,18H,1,5,8-10,12H2,2-3H3. The van der Waals surface area contributed by atoms with E-state index >= 15 is 0 Å². The van der Waals surface area contributed by atoms with E-state index in [0.717, 1.165) is 11.1 Å². The van der Waals surface area contributed by atoms with Gasteiger partial charge in [0.25, 0.3) is 0 Å². The van der Waals surface area contributed by atoms with Crippen LogP contribution in [0.3, 0.4) is 0 Å². The summed E-state index contributed by atoms with van der Waals surface area (Å²) in [4.78, 5) is 0.313. The van der Waals surface area contributed by atoms with Crippen LogP contribution in [0.4, 0.5) is 0 Å². The number of nitrogens with zero attached hydrogens (tertiary/aromatic N) is 1. The fraction of sp³-hybridized carbons (Fsp3) is 0.467. The first-order valence-corrected chi connectivity index (χ1v) is 8.43. The molecule has 21 heavy (non-hydrogen) atoms. The Labute approximate surface area is 127 Å². The van der Waals surface area contributed by atoms with Gasteiger partial charge in [-0.15, -0.1) is 6.58 Å². The van der Waals surface area contributed by atoms with E-state index in [1.807, 2.05) is 26.1 Å². The Bertz CT molecular complexity index is 570. The maximum absolute atomic E-state index is 12.8. The number of rotatable bonds is 9. The van der Waals surface area contributed by atoms with Crippen molar-refractivity contribution in [2.75, 3.05) is 26.7 Å².